The van der Waals surface area contributed by atoms with Crippen molar-refractivity contribution in [2.75, 3.05) is 25.6 Å². The molecule has 0 spiro atoms. The van der Waals surface area contributed by atoms with Gasteiger partial charge in [-0.05, 0) is 68.2 Å². The van der Waals surface area contributed by atoms with Gasteiger partial charge in [0, 0.05) is 30.7 Å². The van der Waals surface area contributed by atoms with Gasteiger partial charge in [0.2, 0.25) is 0 Å². The number of hydrogen-bond acceptors (Lipinski definition) is 3. The maximum atomic E-state index is 12.7. The fraction of sp³-hybridized carbons (Fsp3) is 0.571. The Morgan fingerprint density at radius 1 is 1.21 bits per heavy atom. The van der Waals surface area contributed by atoms with Crippen LogP contribution in [0.1, 0.15) is 77.8 Å². The topological polar surface area (TPSA) is 57.7 Å². The number of H-pyrrole nitrogens is 1. The highest BCUT2D eigenvalue weighted by atomic mass is 16.5. The summed E-state index contributed by atoms with van der Waals surface area (Å²) < 4.78 is 5.90. The van der Waals surface area contributed by atoms with Crippen molar-refractivity contribution in [1.29, 1.82) is 0 Å². The van der Waals surface area contributed by atoms with Crippen molar-refractivity contribution < 1.29 is 9.53 Å². The van der Waals surface area contributed by atoms with Crippen LogP contribution in [0.3, 0.4) is 0 Å². The fourth-order valence-electron chi connectivity index (χ4n) is 5.44. The van der Waals surface area contributed by atoms with E-state index in [0.717, 1.165) is 53.7 Å². The van der Waals surface area contributed by atoms with Crippen molar-refractivity contribution in [3.05, 3.63) is 41.1 Å². The quantitative estimate of drug-likeness (QED) is 0.517. The molecule has 2 aliphatic rings. The first-order valence-electron chi connectivity index (χ1n) is 12.4. The summed E-state index contributed by atoms with van der Waals surface area (Å²) in [5.74, 6) is -0.00638. The average molecular weight is 450 g/mol. The molecular formula is C28H39N3O2. The molecule has 1 amide bonds. The molecule has 33 heavy (non-hydrogen) atoms. The molecule has 5 heteroatoms. The van der Waals surface area contributed by atoms with Crippen LogP contribution in [0.4, 0.5) is 5.69 Å². The summed E-state index contributed by atoms with van der Waals surface area (Å²) in [6, 6.07) is 8.31. The summed E-state index contributed by atoms with van der Waals surface area (Å²) >= 11 is 0. The molecule has 0 saturated heterocycles. The van der Waals surface area contributed by atoms with Gasteiger partial charge in [-0.1, -0.05) is 44.7 Å². The number of aliphatic imine (C=N–C) groups is 1. The minimum atomic E-state index is -0.00638. The second-order valence-corrected chi connectivity index (χ2v) is 10.7. The number of carbonyl (C=O) groups is 1. The Labute approximate surface area is 198 Å². The van der Waals surface area contributed by atoms with E-state index in [9.17, 15) is 4.79 Å². The van der Waals surface area contributed by atoms with E-state index in [-0.39, 0.29) is 18.6 Å². The van der Waals surface area contributed by atoms with Gasteiger partial charge in [-0.2, -0.15) is 0 Å². The molecule has 2 aliphatic carbocycles. The molecule has 5 nitrogen and oxygen atoms in total. The molecule has 0 radical (unpaired) electrons. The molecule has 0 atom stereocenters. The zero-order valence-corrected chi connectivity index (χ0v) is 21.0. The van der Waals surface area contributed by atoms with Crippen molar-refractivity contribution in [1.82, 2.24) is 4.98 Å². The number of likely N-dealkylation sites (N-methyl/N-ethyl adjacent to an activating group) is 1. The molecule has 0 bridgehead atoms. The minimum Gasteiger partial charge on any atom is -0.368 e. The highest BCUT2D eigenvalue weighted by Gasteiger charge is 2.28. The number of aromatic amines is 1. The SMILES string of the molecule is CN=C(C1=C(C)CC(C)(C)CC1)c1cc2ccc(N(C)C(=O)COC3CCCCC3)cc2[nH]1. The van der Waals surface area contributed by atoms with Gasteiger partial charge < -0.3 is 14.6 Å². The standard InChI is InChI=1S/C28H39N3O2/c1-19-17-28(2,3)14-13-23(19)27(29-4)25-15-20-11-12-21(16-24(20)30-25)31(5)26(32)18-33-22-9-7-6-8-10-22/h11-12,15-16,22,30H,6-10,13-14,17-18H2,1-5H3. The van der Waals surface area contributed by atoms with Crippen molar-refractivity contribution in [2.24, 2.45) is 10.4 Å². The summed E-state index contributed by atoms with van der Waals surface area (Å²) in [5.41, 5.74) is 7.17. The number of hydrogen-bond donors (Lipinski definition) is 1. The molecule has 2 aromatic rings. The van der Waals surface area contributed by atoms with Gasteiger partial charge in [0.25, 0.3) is 5.91 Å². The second kappa shape index (κ2) is 9.84. The van der Waals surface area contributed by atoms with Gasteiger partial charge >= 0.3 is 0 Å². The number of fused-ring (bicyclic) bond motifs is 1. The van der Waals surface area contributed by atoms with Crippen LogP contribution in [0.25, 0.3) is 10.9 Å². The number of benzene rings is 1. The van der Waals surface area contributed by atoms with Crippen LogP contribution in [0.5, 0.6) is 0 Å². The molecule has 1 aromatic heterocycles. The van der Waals surface area contributed by atoms with Crippen LogP contribution in [-0.4, -0.2) is 43.4 Å². The second-order valence-electron chi connectivity index (χ2n) is 10.7. The predicted molar refractivity (Wildman–Crippen MR) is 137 cm³/mol. The normalized spacial score (nSPS) is 19.8. The first-order chi connectivity index (χ1) is 15.8. The predicted octanol–water partition coefficient (Wildman–Crippen LogP) is 6.43. The molecule has 1 heterocycles. The first kappa shape index (κ1) is 23.7. The van der Waals surface area contributed by atoms with E-state index in [1.165, 1.54) is 36.8 Å². The number of carbonyl (C=O) groups excluding carboxylic acids is 1. The Hall–Kier alpha value is -2.40. The molecule has 1 fully saturated rings. The monoisotopic (exact) mass is 449 g/mol. The summed E-state index contributed by atoms with van der Waals surface area (Å²) in [5, 5.41) is 1.13. The lowest BCUT2D eigenvalue weighted by Gasteiger charge is -2.32. The molecule has 4 rings (SSSR count). The third kappa shape index (κ3) is 5.40. The minimum absolute atomic E-state index is 0.00638. The highest BCUT2D eigenvalue weighted by Crippen LogP contribution is 2.39. The number of nitrogens with zero attached hydrogens (tertiary/aromatic N) is 2. The smallest absolute Gasteiger partial charge is 0.252 e. The maximum Gasteiger partial charge on any atom is 0.252 e. The van der Waals surface area contributed by atoms with Gasteiger partial charge in [-0.15, -0.1) is 0 Å². The van der Waals surface area contributed by atoms with Gasteiger partial charge in [0.15, 0.2) is 0 Å². The van der Waals surface area contributed by atoms with Gasteiger partial charge in [0.1, 0.15) is 6.61 Å². The van der Waals surface area contributed by atoms with E-state index in [0.29, 0.717) is 5.41 Å². The molecule has 0 aliphatic heterocycles. The van der Waals surface area contributed by atoms with E-state index in [1.807, 2.05) is 20.2 Å². The molecule has 1 aromatic carbocycles. The summed E-state index contributed by atoms with van der Waals surface area (Å²) in [7, 11) is 3.71. The van der Waals surface area contributed by atoms with Gasteiger partial charge in [-0.3, -0.25) is 9.79 Å². The lowest BCUT2D eigenvalue weighted by molar-refractivity contribution is -0.125. The Morgan fingerprint density at radius 3 is 2.67 bits per heavy atom. The first-order valence-corrected chi connectivity index (χ1v) is 12.4. The molecule has 0 unspecified atom stereocenters. The lowest BCUT2D eigenvalue weighted by Crippen LogP contribution is -2.32. The Balaban J connectivity index is 1.50. The number of nitrogens with one attached hydrogen (secondary N) is 1. The molecule has 1 saturated carbocycles. The third-order valence-electron chi connectivity index (χ3n) is 7.44. The van der Waals surface area contributed by atoms with Crippen LogP contribution in [0.2, 0.25) is 0 Å². The van der Waals surface area contributed by atoms with E-state index in [2.05, 4.69) is 48.9 Å². The number of amides is 1. The van der Waals surface area contributed by atoms with Crippen LogP contribution in [0.15, 0.2) is 40.4 Å². The summed E-state index contributed by atoms with van der Waals surface area (Å²) in [6.45, 7) is 7.08. The largest absolute Gasteiger partial charge is 0.368 e. The average Bonchev–Trinajstić information content (AvgIpc) is 3.22. The van der Waals surface area contributed by atoms with Crippen molar-refractivity contribution in [2.45, 2.75) is 78.2 Å². The zero-order valence-electron chi connectivity index (χ0n) is 21.0. The van der Waals surface area contributed by atoms with Gasteiger partial charge in [0.05, 0.1) is 17.5 Å². The van der Waals surface area contributed by atoms with Crippen LogP contribution >= 0.6 is 0 Å². The Kier molecular flexibility index (Phi) is 7.08. The zero-order chi connectivity index (χ0) is 23.6. The number of rotatable bonds is 6. The van der Waals surface area contributed by atoms with Crippen LogP contribution in [-0.2, 0) is 9.53 Å². The van der Waals surface area contributed by atoms with E-state index < -0.39 is 0 Å². The van der Waals surface area contributed by atoms with Crippen molar-refractivity contribution in [3.8, 4) is 0 Å². The van der Waals surface area contributed by atoms with E-state index in [4.69, 9.17) is 4.74 Å². The van der Waals surface area contributed by atoms with Crippen LogP contribution < -0.4 is 4.90 Å². The fourth-order valence-corrected chi connectivity index (χ4v) is 5.44. The van der Waals surface area contributed by atoms with E-state index in [1.54, 1.807) is 4.90 Å². The number of anilines is 1. The summed E-state index contributed by atoms with van der Waals surface area (Å²) in [6.07, 6.45) is 9.43. The van der Waals surface area contributed by atoms with Gasteiger partial charge in [-0.25, -0.2) is 0 Å². The number of aromatic nitrogens is 1. The lowest BCUT2D eigenvalue weighted by atomic mass is 9.73. The molecule has 178 valence electrons. The van der Waals surface area contributed by atoms with Crippen molar-refractivity contribution >= 4 is 28.2 Å². The molecular weight excluding hydrogens is 410 g/mol. The highest BCUT2D eigenvalue weighted by molar-refractivity contribution is 6.14. The summed E-state index contributed by atoms with van der Waals surface area (Å²) in [4.78, 5) is 22.7. The number of ether oxygens (including phenoxy) is 1. The molecule has 1 N–H and O–H groups in total. The van der Waals surface area contributed by atoms with Crippen molar-refractivity contribution in [3.63, 3.8) is 0 Å². The maximum absolute atomic E-state index is 12.7. The third-order valence-corrected chi connectivity index (χ3v) is 7.44. The Morgan fingerprint density at radius 2 is 1.97 bits per heavy atom. The van der Waals surface area contributed by atoms with Crippen LogP contribution in [0, 0.1) is 5.41 Å². The number of allylic oxidation sites excluding steroid dienone is 2. The van der Waals surface area contributed by atoms with E-state index >= 15 is 0 Å². The Bertz CT molecular complexity index is 1070.